The molecule has 1 amide bonds. The van der Waals surface area contributed by atoms with Crippen molar-refractivity contribution >= 4 is 23.4 Å². The summed E-state index contributed by atoms with van der Waals surface area (Å²) in [6.45, 7) is 1.68. The van der Waals surface area contributed by atoms with Gasteiger partial charge in [0.05, 0.1) is 11.6 Å². The monoisotopic (exact) mass is 378 g/mol. The summed E-state index contributed by atoms with van der Waals surface area (Å²) in [6, 6.07) is 16.2. The summed E-state index contributed by atoms with van der Waals surface area (Å²) in [6.07, 6.45) is 2.98. The van der Waals surface area contributed by atoms with Crippen LogP contribution >= 0.6 is 11.8 Å². The number of amides is 1. The molecule has 27 heavy (non-hydrogen) atoms. The first-order valence-corrected chi connectivity index (χ1v) is 9.10. The van der Waals surface area contributed by atoms with Crippen LogP contribution < -0.4 is 10.1 Å². The number of benzene rings is 2. The first-order chi connectivity index (χ1) is 13.0. The number of hydrogen-bond donors (Lipinski definition) is 1. The quantitative estimate of drug-likeness (QED) is 0.705. The van der Waals surface area contributed by atoms with Crippen LogP contribution in [0.5, 0.6) is 5.75 Å². The summed E-state index contributed by atoms with van der Waals surface area (Å²) in [4.78, 5) is 17.6. The largest absolute Gasteiger partial charge is 0.481 e. The molecule has 0 aliphatic rings. The second-order valence-electron chi connectivity index (χ2n) is 5.83. The van der Waals surface area contributed by atoms with Crippen molar-refractivity contribution in [2.45, 2.75) is 23.1 Å². The molecule has 0 bridgehead atoms. The summed E-state index contributed by atoms with van der Waals surface area (Å²) >= 11 is 1.55. The Balaban J connectivity index is 1.56. The number of aryl methyl sites for hydroxylation is 1. The molecular formula is C20H18N4O2S. The fourth-order valence-electron chi connectivity index (χ4n) is 2.27. The predicted octanol–water partition coefficient (Wildman–Crippen LogP) is 3.85. The first-order valence-electron chi connectivity index (χ1n) is 8.28. The number of carbonyl (C=O) groups is 1. The lowest BCUT2D eigenvalue weighted by Gasteiger charge is -2.15. The molecule has 6 nitrogen and oxygen atoms in total. The van der Waals surface area contributed by atoms with Crippen LogP contribution in [0.3, 0.4) is 0 Å². The van der Waals surface area contributed by atoms with Gasteiger partial charge in [-0.15, -0.1) is 0 Å². The Hall–Kier alpha value is -3.24. The van der Waals surface area contributed by atoms with E-state index >= 15 is 0 Å². The van der Waals surface area contributed by atoms with Gasteiger partial charge in [-0.25, -0.2) is 4.98 Å². The Morgan fingerprint density at radius 2 is 1.93 bits per heavy atom. The highest BCUT2D eigenvalue weighted by Crippen LogP contribution is 2.26. The van der Waals surface area contributed by atoms with Crippen LogP contribution in [0.4, 0.5) is 5.69 Å². The third kappa shape index (κ3) is 4.90. The van der Waals surface area contributed by atoms with Crippen LogP contribution in [0.1, 0.15) is 12.5 Å². The predicted molar refractivity (Wildman–Crippen MR) is 104 cm³/mol. The Labute approximate surface area is 161 Å². The van der Waals surface area contributed by atoms with E-state index < -0.39 is 6.10 Å². The lowest BCUT2D eigenvalue weighted by Crippen LogP contribution is -2.30. The fourth-order valence-corrected chi connectivity index (χ4v) is 3.07. The van der Waals surface area contributed by atoms with Crippen LogP contribution in [0.15, 0.2) is 71.0 Å². The molecular weight excluding hydrogens is 360 g/mol. The number of anilines is 1. The topological polar surface area (TPSA) is 79.9 Å². The minimum Gasteiger partial charge on any atom is -0.481 e. The van der Waals surface area contributed by atoms with Crippen LogP contribution in [0.25, 0.3) is 0 Å². The van der Waals surface area contributed by atoms with Gasteiger partial charge in [-0.2, -0.15) is 5.26 Å². The van der Waals surface area contributed by atoms with E-state index in [4.69, 9.17) is 10.00 Å². The maximum Gasteiger partial charge on any atom is 0.265 e. The number of nitrogens with zero attached hydrogens (tertiary/aromatic N) is 3. The average molecular weight is 378 g/mol. The lowest BCUT2D eigenvalue weighted by molar-refractivity contribution is -0.122. The van der Waals surface area contributed by atoms with E-state index in [0.717, 1.165) is 10.1 Å². The van der Waals surface area contributed by atoms with Crippen molar-refractivity contribution in [1.82, 2.24) is 9.55 Å². The van der Waals surface area contributed by atoms with Crippen molar-refractivity contribution in [3.05, 3.63) is 66.5 Å². The molecule has 3 rings (SSSR count). The van der Waals surface area contributed by atoms with Gasteiger partial charge in [-0.1, -0.05) is 11.8 Å². The minimum absolute atomic E-state index is 0.246. The normalized spacial score (nSPS) is 11.4. The molecule has 0 aliphatic carbocycles. The van der Waals surface area contributed by atoms with Gasteiger partial charge in [-0.05, 0) is 55.5 Å². The molecule has 0 fully saturated rings. The zero-order valence-corrected chi connectivity index (χ0v) is 15.7. The van der Waals surface area contributed by atoms with Crippen molar-refractivity contribution < 1.29 is 9.53 Å². The van der Waals surface area contributed by atoms with E-state index in [1.54, 1.807) is 49.1 Å². The highest BCUT2D eigenvalue weighted by Gasteiger charge is 2.15. The molecule has 0 spiro atoms. The molecule has 0 radical (unpaired) electrons. The number of nitriles is 1. The molecule has 136 valence electrons. The zero-order valence-electron chi connectivity index (χ0n) is 14.9. The van der Waals surface area contributed by atoms with E-state index in [9.17, 15) is 4.79 Å². The molecule has 3 aromatic rings. The Bertz CT molecular complexity index is 959. The van der Waals surface area contributed by atoms with Gasteiger partial charge in [0.15, 0.2) is 11.3 Å². The van der Waals surface area contributed by atoms with Crippen molar-refractivity contribution in [3.63, 3.8) is 0 Å². The van der Waals surface area contributed by atoms with Crippen LogP contribution in [0, 0.1) is 11.3 Å². The van der Waals surface area contributed by atoms with Crippen LogP contribution in [-0.2, 0) is 11.8 Å². The molecule has 7 heteroatoms. The molecule has 0 saturated heterocycles. The van der Waals surface area contributed by atoms with Gasteiger partial charge in [0.2, 0.25) is 0 Å². The Morgan fingerprint density at radius 1 is 1.22 bits per heavy atom. The summed E-state index contributed by atoms with van der Waals surface area (Å²) in [5.41, 5.74) is 1.24. The molecule has 1 N–H and O–H groups in total. The molecule has 1 heterocycles. The average Bonchev–Trinajstić information content (AvgIpc) is 3.08. The smallest absolute Gasteiger partial charge is 0.265 e. The summed E-state index contributed by atoms with van der Waals surface area (Å²) in [7, 11) is 1.94. The van der Waals surface area contributed by atoms with Crippen LogP contribution in [0.2, 0.25) is 0 Å². The van der Waals surface area contributed by atoms with Gasteiger partial charge in [0.1, 0.15) is 5.75 Å². The first kappa shape index (κ1) is 18.5. The van der Waals surface area contributed by atoms with Gasteiger partial charge in [-0.3, -0.25) is 4.79 Å². The molecule has 1 atom stereocenters. The number of imidazole rings is 1. The molecule has 0 aliphatic heterocycles. The number of carbonyl (C=O) groups excluding carboxylic acids is 1. The maximum absolute atomic E-state index is 12.3. The Morgan fingerprint density at radius 3 is 2.52 bits per heavy atom. The summed E-state index contributed by atoms with van der Waals surface area (Å²) in [5.74, 6) is 0.294. The van der Waals surface area contributed by atoms with Crippen molar-refractivity contribution in [2.75, 3.05) is 5.32 Å². The van der Waals surface area contributed by atoms with Gasteiger partial charge in [0.25, 0.3) is 5.91 Å². The highest BCUT2D eigenvalue weighted by atomic mass is 32.2. The number of aromatic nitrogens is 2. The number of nitrogens with one attached hydrogen (secondary N) is 1. The highest BCUT2D eigenvalue weighted by molar-refractivity contribution is 7.99. The van der Waals surface area contributed by atoms with Gasteiger partial charge in [0, 0.05) is 30.0 Å². The van der Waals surface area contributed by atoms with E-state index in [-0.39, 0.29) is 5.91 Å². The third-order valence-corrected chi connectivity index (χ3v) is 4.86. The van der Waals surface area contributed by atoms with E-state index in [1.165, 1.54) is 0 Å². The van der Waals surface area contributed by atoms with Crippen molar-refractivity contribution in [1.29, 1.82) is 5.26 Å². The second-order valence-corrected chi connectivity index (χ2v) is 6.87. The summed E-state index contributed by atoms with van der Waals surface area (Å²) in [5, 5.41) is 12.5. The number of hydrogen-bond acceptors (Lipinski definition) is 5. The molecule has 0 saturated carbocycles. The molecule has 1 aromatic heterocycles. The van der Waals surface area contributed by atoms with Crippen molar-refractivity contribution in [2.24, 2.45) is 7.05 Å². The lowest BCUT2D eigenvalue weighted by atomic mass is 10.2. The second kappa shape index (κ2) is 8.43. The fraction of sp³-hybridized carbons (Fsp3) is 0.150. The van der Waals surface area contributed by atoms with E-state index in [0.29, 0.717) is 17.0 Å². The zero-order chi connectivity index (χ0) is 19.2. The van der Waals surface area contributed by atoms with Gasteiger partial charge >= 0.3 is 0 Å². The number of ether oxygens (including phenoxy) is 1. The third-order valence-electron chi connectivity index (χ3n) is 3.77. The molecule has 1 unspecified atom stereocenters. The van der Waals surface area contributed by atoms with Crippen molar-refractivity contribution in [3.8, 4) is 11.8 Å². The maximum atomic E-state index is 12.3. The summed E-state index contributed by atoms with van der Waals surface area (Å²) < 4.78 is 7.57. The number of rotatable bonds is 6. The standard InChI is InChI=1S/C20H18N4O2S/c1-14(26-17-7-3-15(13-21)4-8-17)19(25)23-16-5-9-18(10-6-16)27-20-22-11-12-24(20)2/h3-12,14H,1-2H3,(H,23,25). The van der Waals surface area contributed by atoms with E-state index in [1.807, 2.05) is 48.1 Å². The minimum atomic E-state index is -0.667. The van der Waals surface area contributed by atoms with Crippen LogP contribution in [-0.4, -0.2) is 21.6 Å². The molecule has 2 aromatic carbocycles. The van der Waals surface area contributed by atoms with E-state index in [2.05, 4.69) is 10.3 Å². The van der Waals surface area contributed by atoms with Gasteiger partial charge < -0.3 is 14.6 Å². The Kier molecular flexibility index (Phi) is 5.79. The SMILES string of the molecule is CC(Oc1ccc(C#N)cc1)C(=O)Nc1ccc(Sc2nccn2C)cc1.